The number of carbonyl (C=O) groups excluding carboxylic acids is 1. The van der Waals surface area contributed by atoms with E-state index >= 15 is 0 Å². The Morgan fingerprint density at radius 1 is 0.964 bits per heavy atom. The number of carbonyl (C=O) groups is 1. The molecule has 28 heavy (non-hydrogen) atoms. The van der Waals surface area contributed by atoms with Crippen LogP contribution in [0.15, 0.2) is 53.4 Å². The van der Waals surface area contributed by atoms with Gasteiger partial charge in [0.15, 0.2) is 9.84 Å². The van der Waals surface area contributed by atoms with Crippen LogP contribution in [0.4, 0.5) is 0 Å². The van der Waals surface area contributed by atoms with Crippen molar-refractivity contribution in [3.05, 3.63) is 65.2 Å². The number of piperazine rings is 1. The molecule has 0 bridgehead atoms. The lowest BCUT2D eigenvalue weighted by molar-refractivity contribution is 0.0615. The van der Waals surface area contributed by atoms with Gasteiger partial charge in [-0.05, 0) is 36.8 Å². The van der Waals surface area contributed by atoms with E-state index in [1.165, 1.54) is 0 Å². The van der Waals surface area contributed by atoms with Crippen LogP contribution in [-0.4, -0.2) is 68.6 Å². The smallest absolute Gasteiger partial charge is 0.253 e. The van der Waals surface area contributed by atoms with E-state index in [9.17, 15) is 13.2 Å². The third kappa shape index (κ3) is 4.98. The number of β-amino-alcohol motifs (C(OH)–C–C–N with tert-alkyl or cyclic N) is 1. The summed E-state index contributed by atoms with van der Waals surface area (Å²) >= 11 is 0. The second kappa shape index (κ2) is 8.86. The van der Waals surface area contributed by atoms with Crippen molar-refractivity contribution in [1.29, 1.82) is 0 Å². The van der Waals surface area contributed by atoms with E-state index in [1.54, 1.807) is 53.4 Å². The lowest BCUT2D eigenvalue weighted by Crippen LogP contribution is -2.49. The summed E-state index contributed by atoms with van der Waals surface area (Å²) < 4.78 is 25.1. The van der Waals surface area contributed by atoms with Gasteiger partial charge in [-0.1, -0.05) is 29.8 Å². The van der Waals surface area contributed by atoms with Crippen LogP contribution >= 0.6 is 0 Å². The quantitative estimate of drug-likeness (QED) is 0.796. The standard InChI is InChI=1S/C21H26N2O4S/c1-17-2-8-20(9-3-17)28(26,27)16-18-4-6-19(7-5-18)21(25)23-12-10-22(11-13-23)14-15-24/h2-9,24H,10-16H2,1H3. The van der Waals surface area contributed by atoms with E-state index in [4.69, 9.17) is 5.11 Å². The molecule has 2 aromatic carbocycles. The first kappa shape index (κ1) is 20.5. The normalized spacial score (nSPS) is 15.6. The molecule has 1 N–H and O–H groups in total. The molecule has 2 aromatic rings. The lowest BCUT2D eigenvalue weighted by Gasteiger charge is -2.34. The minimum Gasteiger partial charge on any atom is -0.395 e. The number of nitrogens with zero attached hydrogens (tertiary/aromatic N) is 2. The summed E-state index contributed by atoms with van der Waals surface area (Å²) in [5, 5.41) is 9.00. The summed E-state index contributed by atoms with van der Waals surface area (Å²) in [5.41, 5.74) is 2.23. The lowest BCUT2D eigenvalue weighted by atomic mass is 10.1. The fourth-order valence-corrected chi connectivity index (χ4v) is 4.64. The largest absolute Gasteiger partial charge is 0.395 e. The predicted molar refractivity (Wildman–Crippen MR) is 108 cm³/mol. The molecule has 0 atom stereocenters. The highest BCUT2D eigenvalue weighted by atomic mass is 32.2. The second-order valence-electron chi connectivity index (χ2n) is 7.13. The Labute approximate surface area is 166 Å². The summed E-state index contributed by atoms with van der Waals surface area (Å²) in [7, 11) is -3.42. The minimum atomic E-state index is -3.42. The van der Waals surface area contributed by atoms with E-state index in [-0.39, 0.29) is 18.3 Å². The molecule has 3 rings (SSSR count). The van der Waals surface area contributed by atoms with Gasteiger partial charge in [0, 0.05) is 38.3 Å². The first-order chi connectivity index (χ1) is 13.4. The SMILES string of the molecule is Cc1ccc(S(=O)(=O)Cc2ccc(C(=O)N3CCN(CCO)CC3)cc2)cc1. The Morgan fingerprint density at radius 2 is 1.57 bits per heavy atom. The molecule has 1 fully saturated rings. The van der Waals surface area contributed by atoms with Gasteiger partial charge in [-0.3, -0.25) is 9.69 Å². The van der Waals surface area contributed by atoms with Gasteiger partial charge in [-0.25, -0.2) is 8.42 Å². The summed E-state index contributed by atoms with van der Waals surface area (Å²) in [5.74, 6) is -0.138. The van der Waals surface area contributed by atoms with E-state index in [0.717, 1.165) is 18.7 Å². The van der Waals surface area contributed by atoms with Crippen LogP contribution in [0.3, 0.4) is 0 Å². The Kier molecular flexibility index (Phi) is 6.49. The molecule has 1 heterocycles. The van der Waals surface area contributed by atoms with Crippen LogP contribution < -0.4 is 0 Å². The van der Waals surface area contributed by atoms with E-state index in [2.05, 4.69) is 4.90 Å². The summed E-state index contributed by atoms with van der Waals surface area (Å²) in [4.78, 5) is 16.9. The van der Waals surface area contributed by atoms with Crippen LogP contribution in [0.2, 0.25) is 0 Å². The van der Waals surface area contributed by atoms with Crippen molar-refractivity contribution >= 4 is 15.7 Å². The summed E-state index contributed by atoms with van der Waals surface area (Å²) in [6.45, 7) is 5.43. The van der Waals surface area contributed by atoms with E-state index < -0.39 is 9.84 Å². The molecular weight excluding hydrogens is 376 g/mol. The first-order valence-electron chi connectivity index (χ1n) is 9.40. The summed E-state index contributed by atoms with van der Waals surface area (Å²) in [6, 6.07) is 13.6. The molecule has 0 radical (unpaired) electrons. The maximum Gasteiger partial charge on any atom is 0.253 e. The molecule has 0 saturated carbocycles. The van der Waals surface area contributed by atoms with Gasteiger partial charge in [0.25, 0.3) is 5.91 Å². The fraction of sp³-hybridized carbons (Fsp3) is 0.381. The van der Waals surface area contributed by atoms with Gasteiger partial charge in [-0.2, -0.15) is 0 Å². The van der Waals surface area contributed by atoms with Gasteiger partial charge >= 0.3 is 0 Å². The number of aliphatic hydroxyl groups excluding tert-OH is 1. The molecular formula is C21H26N2O4S. The molecule has 1 aliphatic heterocycles. The zero-order chi connectivity index (χ0) is 20.1. The van der Waals surface area contributed by atoms with Crippen molar-refractivity contribution in [1.82, 2.24) is 9.80 Å². The molecule has 0 spiro atoms. The van der Waals surface area contributed by atoms with E-state index in [1.807, 2.05) is 6.92 Å². The van der Waals surface area contributed by atoms with Crippen LogP contribution in [0.5, 0.6) is 0 Å². The Balaban J connectivity index is 1.63. The van der Waals surface area contributed by atoms with Crippen LogP contribution in [0, 0.1) is 6.92 Å². The van der Waals surface area contributed by atoms with Gasteiger partial charge in [-0.15, -0.1) is 0 Å². The number of benzene rings is 2. The second-order valence-corrected chi connectivity index (χ2v) is 9.12. The van der Waals surface area contributed by atoms with Crippen molar-refractivity contribution in [3.63, 3.8) is 0 Å². The van der Waals surface area contributed by atoms with Gasteiger partial charge in [0.2, 0.25) is 0 Å². The summed E-state index contributed by atoms with van der Waals surface area (Å²) in [6.07, 6.45) is 0. The van der Waals surface area contributed by atoms with Gasteiger partial charge in [0.05, 0.1) is 17.3 Å². The molecule has 150 valence electrons. The zero-order valence-electron chi connectivity index (χ0n) is 16.0. The topological polar surface area (TPSA) is 77.9 Å². The highest BCUT2D eigenvalue weighted by Crippen LogP contribution is 2.18. The third-order valence-electron chi connectivity index (χ3n) is 5.01. The monoisotopic (exact) mass is 402 g/mol. The van der Waals surface area contributed by atoms with Gasteiger partial charge < -0.3 is 10.0 Å². The highest BCUT2D eigenvalue weighted by Gasteiger charge is 2.22. The number of sulfone groups is 1. The molecule has 0 aromatic heterocycles. The predicted octanol–water partition coefficient (Wildman–Crippen LogP) is 1.72. The van der Waals surface area contributed by atoms with Gasteiger partial charge in [0.1, 0.15) is 0 Å². The van der Waals surface area contributed by atoms with Crippen molar-refractivity contribution in [2.75, 3.05) is 39.3 Å². The average Bonchev–Trinajstić information content (AvgIpc) is 2.69. The van der Waals surface area contributed by atoms with Crippen molar-refractivity contribution in [3.8, 4) is 0 Å². The fourth-order valence-electron chi connectivity index (χ4n) is 3.29. The van der Waals surface area contributed by atoms with E-state index in [0.29, 0.717) is 35.7 Å². The zero-order valence-corrected chi connectivity index (χ0v) is 16.9. The number of rotatable bonds is 6. The number of aryl methyl sites for hydroxylation is 1. The van der Waals surface area contributed by atoms with Crippen LogP contribution in [0.1, 0.15) is 21.5 Å². The number of amides is 1. The van der Waals surface area contributed by atoms with Crippen molar-refractivity contribution < 1.29 is 18.3 Å². The number of aliphatic hydroxyl groups is 1. The Morgan fingerprint density at radius 3 is 2.14 bits per heavy atom. The van der Waals surface area contributed by atoms with Crippen LogP contribution in [-0.2, 0) is 15.6 Å². The first-order valence-corrected chi connectivity index (χ1v) is 11.0. The number of hydrogen-bond acceptors (Lipinski definition) is 5. The minimum absolute atomic E-state index is 0.0448. The average molecular weight is 403 g/mol. The molecule has 1 aliphatic rings. The molecule has 7 heteroatoms. The molecule has 1 amide bonds. The van der Waals surface area contributed by atoms with Crippen molar-refractivity contribution in [2.24, 2.45) is 0 Å². The Hall–Kier alpha value is -2.22. The van der Waals surface area contributed by atoms with Crippen molar-refractivity contribution in [2.45, 2.75) is 17.6 Å². The number of hydrogen-bond donors (Lipinski definition) is 1. The highest BCUT2D eigenvalue weighted by molar-refractivity contribution is 7.90. The maximum atomic E-state index is 12.7. The maximum absolute atomic E-state index is 12.7. The molecule has 0 aliphatic carbocycles. The van der Waals surface area contributed by atoms with Crippen LogP contribution in [0.25, 0.3) is 0 Å². The third-order valence-corrected chi connectivity index (χ3v) is 6.72. The molecule has 6 nitrogen and oxygen atoms in total. The molecule has 1 saturated heterocycles. The molecule has 0 unspecified atom stereocenters. The Bertz CT molecular complexity index is 900.